The van der Waals surface area contributed by atoms with Crippen molar-refractivity contribution in [3.63, 3.8) is 0 Å². The summed E-state index contributed by atoms with van der Waals surface area (Å²) in [6.07, 6.45) is 10.3. The number of halogens is 2. The van der Waals surface area contributed by atoms with Crippen LogP contribution >= 0.6 is 24.8 Å². The average Bonchev–Trinajstić information content (AvgIpc) is 2.73. The monoisotopic (exact) mass is 348 g/mol. The van der Waals surface area contributed by atoms with Gasteiger partial charge in [-0.3, -0.25) is 0 Å². The van der Waals surface area contributed by atoms with Crippen LogP contribution in [0.5, 0.6) is 0 Å². The molecular weight excluding hydrogens is 330 g/mol. The molecule has 94 valence electrons. The van der Waals surface area contributed by atoms with Crippen LogP contribution in [0.1, 0.15) is 27.2 Å². The summed E-state index contributed by atoms with van der Waals surface area (Å²) in [7, 11) is 0. The predicted molar refractivity (Wildman–Crippen MR) is 79.1 cm³/mol. The molecule has 0 heterocycles. The van der Waals surface area contributed by atoms with Gasteiger partial charge in [0, 0.05) is 0 Å². The Morgan fingerprint density at radius 1 is 1.18 bits per heavy atom. The van der Waals surface area contributed by atoms with Crippen molar-refractivity contribution >= 4 is 29.0 Å². The van der Waals surface area contributed by atoms with E-state index in [9.17, 15) is 0 Å². The normalized spacial score (nSPS) is 21.7. The molecule has 0 bridgehead atoms. The van der Waals surface area contributed by atoms with Crippen LogP contribution in [0.25, 0.3) is 0 Å². The number of rotatable bonds is 2. The number of allylic oxidation sites excluding steroid dienone is 8. The summed E-state index contributed by atoms with van der Waals surface area (Å²) in [5.74, 6) is 0.651. The van der Waals surface area contributed by atoms with Gasteiger partial charge < -0.3 is 0 Å². The van der Waals surface area contributed by atoms with Gasteiger partial charge in [-0.05, 0) is 0 Å². The summed E-state index contributed by atoms with van der Waals surface area (Å²) < 4.78 is 7.95. The van der Waals surface area contributed by atoms with Crippen LogP contribution in [0.2, 0.25) is 0 Å². The van der Waals surface area contributed by atoms with Gasteiger partial charge in [0.25, 0.3) is 0 Å². The van der Waals surface area contributed by atoms with Crippen molar-refractivity contribution in [2.24, 2.45) is 5.92 Å². The van der Waals surface area contributed by atoms with Crippen molar-refractivity contribution in [3.05, 3.63) is 42.0 Å². The topological polar surface area (TPSA) is 0 Å². The van der Waals surface area contributed by atoms with Crippen molar-refractivity contribution in [2.45, 2.75) is 27.2 Å². The van der Waals surface area contributed by atoms with E-state index in [2.05, 4.69) is 49.3 Å². The minimum atomic E-state index is -1.70. The molecule has 0 spiro atoms. The van der Waals surface area contributed by atoms with Crippen LogP contribution in [-0.4, -0.2) is 4.21 Å². The third kappa shape index (κ3) is 3.40. The first-order chi connectivity index (χ1) is 7.11. The van der Waals surface area contributed by atoms with Gasteiger partial charge in [-0.25, -0.2) is 0 Å². The molecule has 2 aliphatic carbocycles. The third-order valence-corrected chi connectivity index (χ3v) is 10.3. The SMILES string of the molecule is Cl.Cl.[CH2]=[Zr]([C]1=C(C)C=CC1)[C]1=C(C)C=CC1C. The van der Waals surface area contributed by atoms with E-state index in [-0.39, 0.29) is 24.8 Å². The van der Waals surface area contributed by atoms with E-state index >= 15 is 0 Å². The molecule has 0 aromatic heterocycles. The molecule has 0 fully saturated rings. The quantitative estimate of drug-likeness (QED) is 0.683. The van der Waals surface area contributed by atoms with Crippen LogP contribution in [0.4, 0.5) is 0 Å². The molecule has 0 N–H and O–H groups in total. The van der Waals surface area contributed by atoms with Crippen molar-refractivity contribution in [2.75, 3.05) is 0 Å². The maximum atomic E-state index is 4.55. The fourth-order valence-electron chi connectivity index (χ4n) is 2.49. The van der Waals surface area contributed by atoms with Gasteiger partial charge in [0.2, 0.25) is 0 Å². The molecule has 3 heteroatoms. The van der Waals surface area contributed by atoms with Crippen LogP contribution < -0.4 is 0 Å². The van der Waals surface area contributed by atoms with Gasteiger partial charge >= 0.3 is 101 Å². The molecule has 0 aromatic carbocycles. The van der Waals surface area contributed by atoms with Crippen molar-refractivity contribution < 1.29 is 21.3 Å². The number of hydrogen-bond donors (Lipinski definition) is 0. The Morgan fingerprint density at radius 2 is 1.82 bits per heavy atom. The zero-order valence-electron chi connectivity index (χ0n) is 10.6. The summed E-state index contributed by atoms with van der Waals surface area (Å²) in [6, 6.07) is 0. The Bertz CT molecular complexity index is 439. The van der Waals surface area contributed by atoms with E-state index in [0.717, 1.165) is 0 Å². The van der Waals surface area contributed by atoms with E-state index in [0.29, 0.717) is 5.92 Å². The summed E-state index contributed by atoms with van der Waals surface area (Å²) in [5, 5.41) is 0. The summed E-state index contributed by atoms with van der Waals surface area (Å²) >= 11 is -1.70. The summed E-state index contributed by atoms with van der Waals surface area (Å²) in [4.78, 5) is 0. The first kappa shape index (κ1) is 17.3. The Hall–Kier alpha value is 0.293. The van der Waals surface area contributed by atoms with Gasteiger partial charge in [-0.15, -0.1) is 24.8 Å². The fourth-order valence-corrected chi connectivity index (χ4v) is 8.52. The van der Waals surface area contributed by atoms with E-state index in [4.69, 9.17) is 0 Å². The van der Waals surface area contributed by atoms with Gasteiger partial charge in [0.15, 0.2) is 0 Å². The van der Waals surface area contributed by atoms with Crippen molar-refractivity contribution in [3.8, 4) is 0 Å². The second-order valence-corrected chi connectivity index (χ2v) is 9.65. The first-order valence-electron chi connectivity index (χ1n) is 5.56. The molecule has 0 radical (unpaired) electrons. The van der Waals surface area contributed by atoms with Gasteiger partial charge in [-0.2, -0.15) is 0 Å². The molecule has 0 nitrogen and oxygen atoms in total. The minimum absolute atomic E-state index is 0. The Kier molecular flexibility index (Phi) is 7.14. The molecule has 0 aliphatic heterocycles. The third-order valence-electron chi connectivity index (χ3n) is 3.37. The van der Waals surface area contributed by atoms with Crippen LogP contribution in [0.3, 0.4) is 0 Å². The second-order valence-electron chi connectivity index (χ2n) is 4.49. The van der Waals surface area contributed by atoms with E-state index in [1.165, 1.54) is 17.6 Å². The zero-order valence-corrected chi connectivity index (χ0v) is 14.7. The maximum absolute atomic E-state index is 4.55. The molecule has 2 rings (SSSR count). The van der Waals surface area contributed by atoms with E-state index in [1.54, 1.807) is 6.56 Å². The first-order valence-corrected chi connectivity index (χ1v) is 9.75. The molecule has 0 saturated carbocycles. The van der Waals surface area contributed by atoms with Crippen LogP contribution in [0, 0.1) is 5.92 Å². The molecule has 0 aromatic rings. The Balaban J connectivity index is 0.00000128. The predicted octanol–water partition coefficient (Wildman–Crippen LogP) is 4.59. The van der Waals surface area contributed by atoms with Crippen molar-refractivity contribution in [1.82, 2.24) is 0 Å². The summed E-state index contributed by atoms with van der Waals surface area (Å²) in [6.45, 7) is 6.80. The van der Waals surface area contributed by atoms with Crippen LogP contribution in [0.15, 0.2) is 42.0 Å². The molecular formula is C14H20Cl2Zr. The molecule has 1 unspecified atom stereocenters. The van der Waals surface area contributed by atoms with Gasteiger partial charge in [-0.1, -0.05) is 0 Å². The molecule has 0 saturated heterocycles. The molecule has 2 aliphatic rings. The van der Waals surface area contributed by atoms with Crippen LogP contribution in [-0.2, 0) is 21.3 Å². The zero-order chi connectivity index (χ0) is 11.0. The standard InChI is InChI=1S/C7H9.C6H7.CH2.2ClH.Zr/c1-6-3-4-7(2)5-6;1-6-4-2-3-5-6;;;;/h3-4,6H,1-2H3;2,4H,3H2,1H3;1H2;2*1H;. The molecule has 1 atom stereocenters. The summed E-state index contributed by atoms with van der Waals surface area (Å²) in [5.41, 5.74) is 3.00. The molecule has 17 heavy (non-hydrogen) atoms. The Morgan fingerprint density at radius 3 is 2.24 bits per heavy atom. The van der Waals surface area contributed by atoms with Crippen molar-refractivity contribution in [1.29, 1.82) is 0 Å². The van der Waals surface area contributed by atoms with Gasteiger partial charge in [0.1, 0.15) is 0 Å². The van der Waals surface area contributed by atoms with E-state index < -0.39 is 21.3 Å². The average molecular weight is 350 g/mol. The molecule has 0 amide bonds. The Labute approximate surface area is 125 Å². The van der Waals surface area contributed by atoms with Gasteiger partial charge in [0.05, 0.1) is 0 Å². The number of hydrogen-bond acceptors (Lipinski definition) is 0. The second kappa shape index (κ2) is 7.02. The fraction of sp³-hybridized carbons (Fsp3) is 0.357. The van der Waals surface area contributed by atoms with E-state index in [1.807, 2.05) is 0 Å².